The van der Waals surface area contributed by atoms with E-state index < -0.39 is 6.10 Å². The molecule has 2 aromatic carbocycles. The zero-order valence-corrected chi connectivity index (χ0v) is 12.6. The second-order valence-electron chi connectivity index (χ2n) is 4.97. The van der Waals surface area contributed by atoms with Crippen LogP contribution in [0.1, 0.15) is 25.8 Å². The van der Waals surface area contributed by atoms with Crippen LogP contribution in [0.5, 0.6) is 17.2 Å². The van der Waals surface area contributed by atoms with Crippen LogP contribution in [0, 0.1) is 6.92 Å². The van der Waals surface area contributed by atoms with Crippen molar-refractivity contribution < 1.29 is 14.3 Å². The predicted octanol–water partition coefficient (Wildman–Crippen LogP) is 4.53. The first-order valence-corrected chi connectivity index (χ1v) is 7.12. The quantitative estimate of drug-likeness (QED) is 0.781. The van der Waals surface area contributed by atoms with Crippen molar-refractivity contribution in [1.29, 1.82) is 0 Å². The molecule has 0 heterocycles. The average Bonchev–Trinajstić information content (AvgIpc) is 2.50. The van der Waals surface area contributed by atoms with Crippen LogP contribution in [-0.2, 0) is 4.79 Å². The minimum atomic E-state index is -0.418. The van der Waals surface area contributed by atoms with Gasteiger partial charge in [-0.1, -0.05) is 24.6 Å². The summed E-state index contributed by atoms with van der Waals surface area (Å²) in [6.45, 7) is 5.64. The van der Waals surface area contributed by atoms with Gasteiger partial charge in [0.2, 0.25) is 0 Å². The van der Waals surface area contributed by atoms with Crippen LogP contribution in [0.4, 0.5) is 0 Å². The van der Waals surface area contributed by atoms with Crippen LogP contribution in [0.15, 0.2) is 48.5 Å². The lowest BCUT2D eigenvalue weighted by Crippen LogP contribution is -2.22. The second kappa shape index (κ2) is 6.93. The number of hydrogen-bond acceptors (Lipinski definition) is 3. The third kappa shape index (κ3) is 4.35. The first-order chi connectivity index (χ1) is 10.1. The summed E-state index contributed by atoms with van der Waals surface area (Å²) in [5.41, 5.74) is 1.20. The van der Waals surface area contributed by atoms with E-state index in [1.807, 2.05) is 62.4 Å². The van der Waals surface area contributed by atoms with Crippen LogP contribution < -0.4 is 9.47 Å². The molecule has 0 spiro atoms. The fraction of sp³-hybridized carbons (Fsp3) is 0.278. The first kappa shape index (κ1) is 15.1. The molecular weight excluding hydrogens is 264 g/mol. The van der Waals surface area contributed by atoms with E-state index in [0.29, 0.717) is 12.2 Å². The lowest BCUT2D eigenvalue weighted by molar-refractivity contribution is -0.124. The van der Waals surface area contributed by atoms with Gasteiger partial charge < -0.3 is 9.47 Å². The van der Waals surface area contributed by atoms with Crippen molar-refractivity contribution in [3.8, 4) is 17.2 Å². The van der Waals surface area contributed by atoms with E-state index in [1.54, 1.807) is 6.92 Å². The number of Topliss-reactive ketones (excluding diaryl/α,β-unsaturated/α-hetero) is 1. The summed E-state index contributed by atoms with van der Waals surface area (Å²) in [5, 5.41) is 0. The van der Waals surface area contributed by atoms with E-state index in [-0.39, 0.29) is 5.78 Å². The molecule has 0 bridgehead atoms. The van der Waals surface area contributed by atoms with Crippen molar-refractivity contribution in [1.82, 2.24) is 0 Å². The molecule has 21 heavy (non-hydrogen) atoms. The third-order valence-corrected chi connectivity index (χ3v) is 3.20. The molecule has 0 fully saturated rings. The van der Waals surface area contributed by atoms with Crippen LogP contribution in [0.25, 0.3) is 0 Å². The summed E-state index contributed by atoms with van der Waals surface area (Å²) in [6.07, 6.45) is 0.0642. The Bertz CT molecular complexity index is 585. The van der Waals surface area contributed by atoms with Gasteiger partial charge in [0.1, 0.15) is 17.2 Å². The minimum Gasteiger partial charge on any atom is -0.483 e. The second-order valence-corrected chi connectivity index (χ2v) is 4.97. The molecule has 0 aromatic heterocycles. The van der Waals surface area contributed by atoms with Gasteiger partial charge >= 0.3 is 0 Å². The number of carbonyl (C=O) groups is 1. The molecule has 2 aromatic rings. The Balaban J connectivity index is 1.98. The van der Waals surface area contributed by atoms with E-state index in [9.17, 15) is 4.79 Å². The number of hydrogen-bond donors (Lipinski definition) is 0. The van der Waals surface area contributed by atoms with Crippen LogP contribution in [-0.4, -0.2) is 11.9 Å². The Hall–Kier alpha value is -2.29. The standard InChI is InChI=1S/C18H20O3/c1-4-18(19)14(3)20-15-9-11-17(12-10-15)21-16-7-5-13(2)6-8-16/h5-12,14H,4H2,1-3H3. The maximum atomic E-state index is 11.5. The Morgan fingerprint density at radius 3 is 1.95 bits per heavy atom. The van der Waals surface area contributed by atoms with Crippen LogP contribution in [0.2, 0.25) is 0 Å². The lowest BCUT2D eigenvalue weighted by Gasteiger charge is -2.13. The summed E-state index contributed by atoms with van der Waals surface area (Å²) in [5.74, 6) is 2.29. The molecule has 2 rings (SSSR count). The normalized spacial score (nSPS) is 11.8. The molecule has 0 aliphatic heterocycles. The molecule has 0 saturated carbocycles. The van der Waals surface area contributed by atoms with Gasteiger partial charge in [-0.05, 0) is 50.2 Å². The molecule has 0 N–H and O–H groups in total. The Morgan fingerprint density at radius 2 is 1.43 bits per heavy atom. The molecule has 0 saturated heterocycles. The Labute approximate surface area is 125 Å². The third-order valence-electron chi connectivity index (χ3n) is 3.20. The number of aryl methyl sites for hydroxylation is 1. The molecule has 1 unspecified atom stereocenters. The highest BCUT2D eigenvalue weighted by molar-refractivity contribution is 5.82. The highest BCUT2D eigenvalue weighted by Crippen LogP contribution is 2.24. The minimum absolute atomic E-state index is 0.0926. The molecule has 0 amide bonds. The van der Waals surface area contributed by atoms with Gasteiger partial charge in [0, 0.05) is 6.42 Å². The number of rotatable bonds is 6. The lowest BCUT2D eigenvalue weighted by atomic mass is 10.2. The van der Waals surface area contributed by atoms with Gasteiger partial charge in [0.15, 0.2) is 11.9 Å². The molecule has 3 nitrogen and oxygen atoms in total. The van der Waals surface area contributed by atoms with Crippen molar-refractivity contribution in [3.63, 3.8) is 0 Å². The molecule has 3 heteroatoms. The molecule has 1 atom stereocenters. The predicted molar refractivity (Wildman–Crippen MR) is 83.1 cm³/mol. The molecule has 110 valence electrons. The molecular formula is C18H20O3. The maximum Gasteiger partial charge on any atom is 0.172 e. The van der Waals surface area contributed by atoms with E-state index in [2.05, 4.69) is 0 Å². The van der Waals surface area contributed by atoms with Crippen molar-refractivity contribution in [2.75, 3.05) is 0 Å². The summed E-state index contributed by atoms with van der Waals surface area (Å²) >= 11 is 0. The van der Waals surface area contributed by atoms with Gasteiger partial charge in [-0.15, -0.1) is 0 Å². The van der Waals surface area contributed by atoms with Crippen molar-refractivity contribution >= 4 is 5.78 Å². The van der Waals surface area contributed by atoms with Gasteiger partial charge in [-0.2, -0.15) is 0 Å². The van der Waals surface area contributed by atoms with Gasteiger partial charge in [0.05, 0.1) is 0 Å². The first-order valence-electron chi connectivity index (χ1n) is 7.12. The summed E-state index contributed by atoms with van der Waals surface area (Å²) < 4.78 is 11.3. The largest absolute Gasteiger partial charge is 0.483 e. The smallest absolute Gasteiger partial charge is 0.172 e. The van der Waals surface area contributed by atoms with Crippen molar-refractivity contribution in [2.45, 2.75) is 33.3 Å². The van der Waals surface area contributed by atoms with Gasteiger partial charge in [-0.25, -0.2) is 0 Å². The van der Waals surface area contributed by atoms with Gasteiger partial charge in [0.25, 0.3) is 0 Å². The van der Waals surface area contributed by atoms with E-state index >= 15 is 0 Å². The molecule has 0 aliphatic carbocycles. The SMILES string of the molecule is CCC(=O)C(C)Oc1ccc(Oc2ccc(C)cc2)cc1. The average molecular weight is 284 g/mol. The zero-order valence-electron chi connectivity index (χ0n) is 12.6. The summed E-state index contributed by atoms with van der Waals surface area (Å²) in [6, 6.07) is 15.2. The maximum absolute atomic E-state index is 11.5. The number of benzene rings is 2. The monoisotopic (exact) mass is 284 g/mol. The van der Waals surface area contributed by atoms with E-state index in [1.165, 1.54) is 5.56 Å². The van der Waals surface area contributed by atoms with Crippen LogP contribution in [0.3, 0.4) is 0 Å². The fourth-order valence-electron chi connectivity index (χ4n) is 1.89. The summed E-state index contributed by atoms with van der Waals surface area (Å²) in [4.78, 5) is 11.5. The van der Waals surface area contributed by atoms with Gasteiger partial charge in [-0.3, -0.25) is 4.79 Å². The van der Waals surface area contributed by atoms with Crippen LogP contribution >= 0.6 is 0 Å². The topological polar surface area (TPSA) is 35.5 Å². The van der Waals surface area contributed by atoms with E-state index in [0.717, 1.165) is 11.5 Å². The fourth-order valence-corrected chi connectivity index (χ4v) is 1.89. The van der Waals surface area contributed by atoms with Crippen molar-refractivity contribution in [2.24, 2.45) is 0 Å². The number of ether oxygens (including phenoxy) is 2. The highest BCUT2D eigenvalue weighted by atomic mass is 16.5. The molecule has 0 radical (unpaired) electrons. The zero-order chi connectivity index (χ0) is 15.2. The summed E-state index contributed by atoms with van der Waals surface area (Å²) in [7, 11) is 0. The highest BCUT2D eigenvalue weighted by Gasteiger charge is 2.12. The Kier molecular flexibility index (Phi) is 4.99. The molecule has 0 aliphatic rings. The van der Waals surface area contributed by atoms with Crippen molar-refractivity contribution in [3.05, 3.63) is 54.1 Å². The van der Waals surface area contributed by atoms with E-state index in [4.69, 9.17) is 9.47 Å². The Morgan fingerprint density at radius 1 is 0.952 bits per heavy atom. The number of ketones is 1. The number of carbonyl (C=O) groups excluding carboxylic acids is 1.